The van der Waals surface area contributed by atoms with Gasteiger partial charge in [0.15, 0.2) is 11.5 Å². The maximum absolute atomic E-state index is 13.0. The highest BCUT2D eigenvalue weighted by atomic mass is 16.2. The predicted molar refractivity (Wildman–Crippen MR) is 120 cm³/mol. The molecule has 0 bridgehead atoms. The topological polar surface area (TPSA) is 49.3 Å². The van der Waals surface area contributed by atoms with Crippen LogP contribution >= 0.6 is 0 Å². The molecule has 2 aliphatic rings. The third-order valence-corrected chi connectivity index (χ3v) is 6.54. The van der Waals surface area contributed by atoms with Crippen LogP contribution in [-0.2, 0) is 6.42 Å². The van der Waals surface area contributed by atoms with Crippen molar-refractivity contribution in [3.8, 4) is 0 Å². The largest absolute Gasteiger partial charge is 0.355 e. The molecule has 2 aliphatic heterocycles. The second-order valence-corrected chi connectivity index (χ2v) is 8.54. The van der Waals surface area contributed by atoms with Crippen LogP contribution in [0.25, 0.3) is 10.8 Å². The number of hydrogen-bond donors (Lipinski definition) is 0. The zero-order valence-electron chi connectivity index (χ0n) is 17.3. The fraction of sp³-hybridized carbons (Fsp3) is 0.400. The van der Waals surface area contributed by atoms with Crippen molar-refractivity contribution in [1.29, 1.82) is 0 Å². The highest BCUT2D eigenvalue weighted by Crippen LogP contribution is 2.31. The Hall–Kier alpha value is -2.95. The average Bonchev–Trinajstić information content (AvgIpc) is 3.34. The van der Waals surface area contributed by atoms with Crippen molar-refractivity contribution in [3.63, 3.8) is 0 Å². The summed E-state index contributed by atoms with van der Waals surface area (Å²) in [4.78, 5) is 17.2. The molecule has 0 unspecified atom stereocenters. The molecule has 0 saturated carbocycles. The Morgan fingerprint density at radius 1 is 0.833 bits per heavy atom. The Bertz CT molecular complexity index is 1020. The van der Waals surface area contributed by atoms with E-state index in [1.807, 2.05) is 23.1 Å². The number of fused-ring (bicyclic) bond motifs is 1. The normalized spacial score (nSPS) is 17.6. The number of anilines is 1. The monoisotopic (exact) mass is 400 g/mol. The number of likely N-dealkylation sites (tertiary alicyclic amines) is 1. The lowest BCUT2D eigenvalue weighted by Gasteiger charge is -2.33. The average molecular weight is 401 g/mol. The van der Waals surface area contributed by atoms with Crippen LogP contribution in [0.2, 0.25) is 0 Å². The quantitative estimate of drug-likeness (QED) is 0.654. The number of nitrogens with zero attached hydrogens (tertiary/aromatic N) is 4. The Labute approximate surface area is 177 Å². The van der Waals surface area contributed by atoms with E-state index in [0.29, 0.717) is 11.6 Å². The summed E-state index contributed by atoms with van der Waals surface area (Å²) in [5.41, 5.74) is 1.92. The first kappa shape index (κ1) is 19.0. The van der Waals surface area contributed by atoms with E-state index in [0.717, 1.165) is 74.9 Å². The van der Waals surface area contributed by atoms with Crippen LogP contribution in [0, 0.1) is 5.92 Å². The Morgan fingerprint density at radius 2 is 1.50 bits per heavy atom. The second-order valence-electron chi connectivity index (χ2n) is 8.54. The van der Waals surface area contributed by atoms with Gasteiger partial charge in [-0.15, -0.1) is 10.2 Å². The zero-order valence-corrected chi connectivity index (χ0v) is 17.3. The number of carbonyl (C=O) groups is 1. The van der Waals surface area contributed by atoms with Crippen molar-refractivity contribution in [2.24, 2.45) is 5.92 Å². The molecule has 3 heterocycles. The minimum absolute atomic E-state index is 0.0179. The molecule has 0 aliphatic carbocycles. The first-order valence-electron chi connectivity index (χ1n) is 11.1. The maximum Gasteiger partial charge on any atom is 0.275 e. The molecule has 5 nitrogen and oxygen atoms in total. The number of piperidine rings is 1. The molecule has 2 fully saturated rings. The van der Waals surface area contributed by atoms with Crippen molar-refractivity contribution < 1.29 is 4.79 Å². The molecule has 0 N–H and O–H groups in total. The molecule has 2 aromatic carbocycles. The van der Waals surface area contributed by atoms with Crippen molar-refractivity contribution in [2.75, 3.05) is 31.1 Å². The molecule has 0 radical (unpaired) electrons. The minimum atomic E-state index is 0.0179. The van der Waals surface area contributed by atoms with Crippen molar-refractivity contribution >= 4 is 22.5 Å². The van der Waals surface area contributed by atoms with Gasteiger partial charge >= 0.3 is 0 Å². The Balaban J connectivity index is 1.35. The summed E-state index contributed by atoms with van der Waals surface area (Å²) in [7, 11) is 0. The van der Waals surface area contributed by atoms with Gasteiger partial charge in [0.2, 0.25) is 0 Å². The smallest absolute Gasteiger partial charge is 0.275 e. The van der Waals surface area contributed by atoms with Gasteiger partial charge in [-0.25, -0.2) is 0 Å². The number of aromatic nitrogens is 2. The van der Waals surface area contributed by atoms with E-state index in [1.54, 1.807) is 0 Å². The van der Waals surface area contributed by atoms with Gasteiger partial charge in [0.25, 0.3) is 5.91 Å². The number of hydrogen-bond acceptors (Lipinski definition) is 4. The summed E-state index contributed by atoms with van der Waals surface area (Å²) in [6.07, 6.45) is 5.60. The highest BCUT2D eigenvalue weighted by Gasteiger charge is 2.26. The van der Waals surface area contributed by atoms with Crippen LogP contribution in [0.15, 0.2) is 54.6 Å². The van der Waals surface area contributed by atoms with Gasteiger partial charge in [-0.1, -0.05) is 54.6 Å². The molecule has 154 valence electrons. The third-order valence-electron chi connectivity index (χ3n) is 6.54. The van der Waals surface area contributed by atoms with Gasteiger partial charge in [-0.05, 0) is 43.6 Å². The van der Waals surface area contributed by atoms with Gasteiger partial charge < -0.3 is 9.80 Å². The van der Waals surface area contributed by atoms with E-state index in [4.69, 9.17) is 0 Å². The van der Waals surface area contributed by atoms with Crippen LogP contribution in [-0.4, -0.2) is 47.2 Å². The van der Waals surface area contributed by atoms with E-state index in [1.165, 1.54) is 5.56 Å². The highest BCUT2D eigenvalue weighted by molar-refractivity contribution is 6.07. The van der Waals surface area contributed by atoms with Gasteiger partial charge in [-0.3, -0.25) is 4.79 Å². The van der Waals surface area contributed by atoms with E-state index in [9.17, 15) is 4.79 Å². The predicted octanol–water partition coefficient (Wildman–Crippen LogP) is 4.32. The van der Waals surface area contributed by atoms with Crippen molar-refractivity contribution in [3.05, 3.63) is 65.9 Å². The summed E-state index contributed by atoms with van der Waals surface area (Å²) in [6.45, 7) is 3.61. The van der Waals surface area contributed by atoms with Crippen LogP contribution in [0.4, 0.5) is 5.82 Å². The standard InChI is InChI=1S/C25H28N4O/c30-25(29-14-6-7-15-29)23-21-10-4-5-11-22(21)24(27-26-23)28-16-12-20(13-17-28)18-19-8-2-1-3-9-19/h1-5,8-11,20H,6-7,12-18H2. The molecule has 0 spiro atoms. The summed E-state index contributed by atoms with van der Waals surface area (Å²) in [5.74, 6) is 1.64. The number of rotatable bonds is 4. The Morgan fingerprint density at radius 3 is 2.23 bits per heavy atom. The summed E-state index contributed by atoms with van der Waals surface area (Å²) >= 11 is 0. The van der Waals surface area contributed by atoms with E-state index >= 15 is 0 Å². The first-order valence-corrected chi connectivity index (χ1v) is 11.1. The maximum atomic E-state index is 13.0. The second kappa shape index (κ2) is 8.42. The van der Waals surface area contributed by atoms with E-state index in [-0.39, 0.29) is 5.91 Å². The number of amides is 1. The lowest BCUT2D eigenvalue weighted by molar-refractivity contribution is 0.0788. The molecular formula is C25H28N4O. The fourth-order valence-electron chi connectivity index (χ4n) is 4.85. The minimum Gasteiger partial charge on any atom is -0.355 e. The molecule has 5 rings (SSSR count). The molecule has 1 aromatic heterocycles. The van der Waals surface area contributed by atoms with Crippen LogP contribution in [0.3, 0.4) is 0 Å². The van der Waals surface area contributed by atoms with Crippen molar-refractivity contribution in [1.82, 2.24) is 15.1 Å². The lowest BCUT2D eigenvalue weighted by atomic mass is 9.90. The number of carbonyl (C=O) groups excluding carboxylic acids is 1. The molecule has 1 amide bonds. The molecule has 2 saturated heterocycles. The van der Waals surface area contributed by atoms with Gasteiger partial charge in [0, 0.05) is 37.0 Å². The van der Waals surface area contributed by atoms with Gasteiger partial charge in [0.1, 0.15) is 0 Å². The fourth-order valence-corrected chi connectivity index (χ4v) is 4.85. The van der Waals surface area contributed by atoms with E-state index < -0.39 is 0 Å². The summed E-state index contributed by atoms with van der Waals surface area (Å²) in [5, 5.41) is 11.0. The molecule has 0 atom stereocenters. The molecular weight excluding hydrogens is 372 g/mol. The Kier molecular flexibility index (Phi) is 5.35. The summed E-state index contributed by atoms with van der Waals surface area (Å²) < 4.78 is 0. The van der Waals surface area contributed by atoms with Crippen LogP contribution in [0.1, 0.15) is 41.7 Å². The number of benzene rings is 2. The third kappa shape index (κ3) is 3.76. The van der Waals surface area contributed by atoms with E-state index in [2.05, 4.69) is 51.5 Å². The van der Waals surface area contributed by atoms with Crippen molar-refractivity contribution in [2.45, 2.75) is 32.1 Å². The summed E-state index contributed by atoms with van der Waals surface area (Å²) in [6, 6.07) is 18.9. The van der Waals surface area contributed by atoms with Crippen LogP contribution < -0.4 is 4.90 Å². The first-order chi connectivity index (χ1) is 14.8. The molecule has 3 aromatic rings. The molecule has 30 heavy (non-hydrogen) atoms. The van der Waals surface area contributed by atoms with Crippen LogP contribution in [0.5, 0.6) is 0 Å². The SMILES string of the molecule is O=C(c1nnc(N2CCC(Cc3ccccc3)CC2)c2ccccc12)N1CCCC1. The van der Waals surface area contributed by atoms with Gasteiger partial charge in [0.05, 0.1) is 0 Å². The lowest BCUT2D eigenvalue weighted by Crippen LogP contribution is -2.35. The van der Waals surface area contributed by atoms with Gasteiger partial charge in [-0.2, -0.15) is 0 Å². The molecule has 5 heteroatoms. The zero-order chi connectivity index (χ0) is 20.3.